The van der Waals surface area contributed by atoms with Crippen molar-refractivity contribution in [3.05, 3.63) is 108 Å². The lowest BCUT2D eigenvalue weighted by atomic mass is 9.78. The summed E-state index contributed by atoms with van der Waals surface area (Å²) in [6.45, 7) is 6.22. The van der Waals surface area contributed by atoms with Crippen LogP contribution >= 0.6 is 0 Å². The maximum absolute atomic E-state index is 11.4. The fraction of sp³-hybridized carbons (Fsp3) is 0.143. The molecule has 0 saturated heterocycles. The van der Waals surface area contributed by atoms with Crippen LogP contribution in [0.25, 0.3) is 27.7 Å². The molecule has 0 aliphatic carbocycles. The van der Waals surface area contributed by atoms with E-state index in [1.54, 1.807) is 11.6 Å². The number of amides is 1. The molecule has 168 valence electrons. The lowest BCUT2D eigenvalue weighted by molar-refractivity contribution is 0.0990. The molecule has 0 bridgehead atoms. The number of aryl methyl sites for hydroxylation is 1. The fourth-order valence-corrected chi connectivity index (χ4v) is 4.26. The zero-order valence-corrected chi connectivity index (χ0v) is 19.4. The van der Waals surface area contributed by atoms with E-state index in [1.165, 1.54) is 22.3 Å². The van der Waals surface area contributed by atoms with Gasteiger partial charge >= 0.3 is 0 Å². The zero-order chi connectivity index (χ0) is 23.9. The van der Waals surface area contributed by atoms with Crippen molar-refractivity contribution >= 4 is 16.8 Å². The molecular formula is C28H25N5O. The van der Waals surface area contributed by atoms with E-state index in [9.17, 15) is 4.79 Å². The van der Waals surface area contributed by atoms with Gasteiger partial charge in [0.1, 0.15) is 5.82 Å². The number of aromatic nitrogens is 4. The van der Waals surface area contributed by atoms with Crippen molar-refractivity contribution in [2.75, 3.05) is 0 Å². The molecule has 6 nitrogen and oxygen atoms in total. The van der Waals surface area contributed by atoms with Gasteiger partial charge in [-0.25, -0.2) is 9.67 Å². The Morgan fingerprint density at radius 3 is 2.18 bits per heavy atom. The fourth-order valence-electron chi connectivity index (χ4n) is 4.26. The second-order valence-corrected chi connectivity index (χ2v) is 8.92. The van der Waals surface area contributed by atoms with Gasteiger partial charge < -0.3 is 5.73 Å². The van der Waals surface area contributed by atoms with Crippen LogP contribution in [0.3, 0.4) is 0 Å². The van der Waals surface area contributed by atoms with E-state index in [0.717, 1.165) is 16.6 Å². The number of nitrogens with zero attached hydrogens (tertiary/aromatic N) is 4. The average molecular weight is 448 g/mol. The molecule has 0 radical (unpaired) electrons. The van der Waals surface area contributed by atoms with Gasteiger partial charge in [0.05, 0.1) is 11.2 Å². The molecule has 0 fully saturated rings. The van der Waals surface area contributed by atoms with Crippen molar-refractivity contribution < 1.29 is 4.79 Å². The van der Waals surface area contributed by atoms with Gasteiger partial charge in [-0.05, 0) is 59.5 Å². The zero-order valence-electron chi connectivity index (χ0n) is 19.4. The predicted octanol–water partition coefficient (Wildman–Crippen LogP) is 5.22. The van der Waals surface area contributed by atoms with Crippen LogP contribution in [0.1, 0.15) is 41.4 Å². The molecule has 2 heterocycles. The summed E-state index contributed by atoms with van der Waals surface area (Å²) in [6.07, 6.45) is 1.82. The van der Waals surface area contributed by atoms with Crippen LogP contribution in [0.4, 0.5) is 0 Å². The van der Waals surface area contributed by atoms with Crippen LogP contribution in [0.2, 0.25) is 0 Å². The van der Waals surface area contributed by atoms with E-state index in [1.807, 2.05) is 24.4 Å². The average Bonchev–Trinajstić information content (AvgIpc) is 3.26. The molecule has 2 N–H and O–H groups in total. The normalized spacial score (nSPS) is 11.6. The topological polar surface area (TPSA) is 86.7 Å². The van der Waals surface area contributed by atoms with Crippen molar-refractivity contribution in [1.82, 2.24) is 19.7 Å². The molecule has 1 amide bonds. The van der Waals surface area contributed by atoms with E-state index < -0.39 is 5.91 Å². The summed E-state index contributed by atoms with van der Waals surface area (Å²) in [5.74, 6) is -0.00560. The summed E-state index contributed by atoms with van der Waals surface area (Å²) in [5.41, 5.74) is 11.7. The first-order valence-electron chi connectivity index (χ1n) is 11.1. The van der Waals surface area contributed by atoms with Gasteiger partial charge in [0.2, 0.25) is 5.82 Å². The van der Waals surface area contributed by atoms with Crippen LogP contribution in [0, 0.1) is 6.92 Å². The van der Waals surface area contributed by atoms with Crippen molar-refractivity contribution in [2.45, 2.75) is 26.2 Å². The smallest absolute Gasteiger partial charge is 0.288 e. The van der Waals surface area contributed by atoms with E-state index in [2.05, 4.69) is 89.6 Å². The van der Waals surface area contributed by atoms with Gasteiger partial charge in [0.25, 0.3) is 5.91 Å². The summed E-state index contributed by atoms with van der Waals surface area (Å²) < 4.78 is 1.63. The second-order valence-electron chi connectivity index (χ2n) is 8.92. The molecule has 6 heteroatoms. The maximum Gasteiger partial charge on any atom is 0.288 e. The van der Waals surface area contributed by atoms with E-state index in [-0.39, 0.29) is 11.2 Å². The number of carbonyl (C=O) groups is 1. The van der Waals surface area contributed by atoms with Gasteiger partial charge in [-0.2, -0.15) is 0 Å². The Morgan fingerprint density at radius 2 is 1.53 bits per heavy atom. The number of hydrogen-bond donors (Lipinski definition) is 1. The Kier molecular flexibility index (Phi) is 5.21. The summed E-state index contributed by atoms with van der Waals surface area (Å²) in [4.78, 5) is 19.9. The highest BCUT2D eigenvalue weighted by Crippen LogP contribution is 2.33. The molecule has 0 saturated carbocycles. The lowest BCUT2D eigenvalue weighted by Gasteiger charge is -2.26. The summed E-state index contributed by atoms with van der Waals surface area (Å²) in [5, 5.41) is 5.35. The number of nitrogens with two attached hydrogens (primary N) is 1. The van der Waals surface area contributed by atoms with E-state index >= 15 is 0 Å². The highest BCUT2D eigenvalue weighted by molar-refractivity contribution is 5.88. The number of rotatable bonds is 5. The summed E-state index contributed by atoms with van der Waals surface area (Å²) >= 11 is 0. The molecule has 3 aromatic carbocycles. The minimum Gasteiger partial charge on any atom is -0.363 e. The Hall–Kier alpha value is -4.32. The first-order chi connectivity index (χ1) is 16.3. The van der Waals surface area contributed by atoms with Crippen molar-refractivity contribution in [3.8, 4) is 16.8 Å². The van der Waals surface area contributed by atoms with Gasteiger partial charge in [-0.15, -0.1) is 5.10 Å². The largest absolute Gasteiger partial charge is 0.363 e. The van der Waals surface area contributed by atoms with Crippen LogP contribution in [0.15, 0.2) is 85.1 Å². The number of primary amides is 1. The molecule has 5 rings (SSSR count). The van der Waals surface area contributed by atoms with Crippen LogP contribution in [0.5, 0.6) is 0 Å². The monoisotopic (exact) mass is 447 g/mol. The standard InChI is InChI=1S/C28H25N5O/c1-18-31-27(26(29)34)32-33(18)24-13-11-23(12-14-24)28(2,3)22-9-6-19(7-10-22)20-8-15-25-21(17-20)5-4-16-30-25/h4-17H,1-3H3,(H2,29,34). The first kappa shape index (κ1) is 21.5. The number of hydrogen-bond acceptors (Lipinski definition) is 4. The molecule has 34 heavy (non-hydrogen) atoms. The molecule has 0 atom stereocenters. The van der Waals surface area contributed by atoms with Gasteiger partial charge in [0, 0.05) is 17.0 Å². The number of pyridine rings is 1. The minimum absolute atomic E-state index is 0.0182. The molecule has 0 unspecified atom stereocenters. The summed E-state index contributed by atoms with van der Waals surface area (Å²) in [6, 6.07) is 27.3. The first-order valence-corrected chi connectivity index (χ1v) is 11.1. The third-order valence-electron chi connectivity index (χ3n) is 6.37. The molecular weight excluding hydrogens is 422 g/mol. The highest BCUT2D eigenvalue weighted by Gasteiger charge is 2.23. The maximum atomic E-state index is 11.4. The molecule has 0 aliphatic rings. The Labute approximate surface area is 198 Å². The van der Waals surface area contributed by atoms with Crippen LogP contribution in [-0.2, 0) is 5.41 Å². The van der Waals surface area contributed by atoms with Gasteiger partial charge in [-0.1, -0.05) is 62.4 Å². The van der Waals surface area contributed by atoms with Crippen molar-refractivity contribution in [3.63, 3.8) is 0 Å². The van der Waals surface area contributed by atoms with E-state index in [4.69, 9.17) is 5.73 Å². The number of benzene rings is 3. The Bertz CT molecular complexity index is 1500. The van der Waals surface area contributed by atoms with Crippen LogP contribution in [-0.4, -0.2) is 25.7 Å². The SMILES string of the molecule is Cc1nc(C(N)=O)nn1-c1ccc(C(C)(C)c2ccc(-c3ccc4ncccc4c3)cc2)cc1. The molecule has 5 aromatic rings. The van der Waals surface area contributed by atoms with Crippen molar-refractivity contribution in [2.24, 2.45) is 5.73 Å². The van der Waals surface area contributed by atoms with Crippen molar-refractivity contribution in [1.29, 1.82) is 0 Å². The number of fused-ring (bicyclic) bond motifs is 1. The highest BCUT2D eigenvalue weighted by atomic mass is 16.1. The third-order valence-corrected chi connectivity index (χ3v) is 6.37. The number of carbonyl (C=O) groups excluding carboxylic acids is 1. The third kappa shape index (κ3) is 3.83. The molecule has 0 spiro atoms. The Morgan fingerprint density at radius 1 is 0.882 bits per heavy atom. The molecule has 0 aliphatic heterocycles. The summed E-state index contributed by atoms with van der Waals surface area (Å²) in [7, 11) is 0. The molecule has 2 aromatic heterocycles. The Balaban J connectivity index is 1.41. The van der Waals surface area contributed by atoms with Gasteiger partial charge in [0.15, 0.2) is 0 Å². The predicted molar refractivity (Wildman–Crippen MR) is 134 cm³/mol. The lowest BCUT2D eigenvalue weighted by Crippen LogP contribution is -2.19. The minimum atomic E-state index is -0.636. The quantitative estimate of drug-likeness (QED) is 0.400. The second kappa shape index (κ2) is 8.23. The van der Waals surface area contributed by atoms with E-state index in [0.29, 0.717) is 5.82 Å². The van der Waals surface area contributed by atoms with Gasteiger partial charge in [-0.3, -0.25) is 9.78 Å². The van der Waals surface area contributed by atoms with Crippen LogP contribution < -0.4 is 5.73 Å².